The lowest BCUT2D eigenvalue weighted by Gasteiger charge is -2.28. The van der Waals surface area contributed by atoms with E-state index >= 15 is 0 Å². The van der Waals surface area contributed by atoms with E-state index in [1.807, 2.05) is 52.8 Å². The summed E-state index contributed by atoms with van der Waals surface area (Å²) in [6.07, 6.45) is 0. The molecule has 0 saturated heterocycles. The molecule has 2 aromatic rings. The molecule has 0 aliphatic rings. The predicted molar refractivity (Wildman–Crippen MR) is 89.3 cm³/mol. The summed E-state index contributed by atoms with van der Waals surface area (Å²) in [5.41, 5.74) is 3.60. The molecule has 0 unspecified atom stereocenters. The summed E-state index contributed by atoms with van der Waals surface area (Å²) in [6, 6.07) is 5.93. The minimum Gasteiger partial charge on any atom is -0.370 e. The normalized spacial score (nSPS) is 12.0. The van der Waals surface area contributed by atoms with Crippen molar-refractivity contribution in [3.05, 3.63) is 29.6 Å². The van der Waals surface area contributed by atoms with Gasteiger partial charge in [0.05, 0.1) is 22.4 Å². The van der Waals surface area contributed by atoms with Gasteiger partial charge in [-0.15, -0.1) is 0 Å². The summed E-state index contributed by atoms with van der Waals surface area (Å²) >= 11 is 0. The zero-order valence-electron chi connectivity index (χ0n) is 14.0. The van der Waals surface area contributed by atoms with Crippen LogP contribution in [0.2, 0.25) is 0 Å². The van der Waals surface area contributed by atoms with E-state index in [4.69, 9.17) is 13.3 Å². The number of hydrogen-bond donors (Lipinski definition) is 0. The summed E-state index contributed by atoms with van der Waals surface area (Å²) in [5, 5.41) is 0.933. The van der Waals surface area contributed by atoms with Crippen LogP contribution in [-0.4, -0.2) is 38.6 Å². The third kappa shape index (κ3) is 3.35. The van der Waals surface area contributed by atoms with Crippen molar-refractivity contribution in [3.8, 4) is 0 Å². The lowest BCUT2D eigenvalue weighted by atomic mass is 10.2. The van der Waals surface area contributed by atoms with Crippen molar-refractivity contribution in [2.45, 2.75) is 34.6 Å². The molecule has 0 bridgehead atoms. The number of aromatic nitrogens is 2. The Hall–Kier alpha value is -1.34. The second-order valence-corrected chi connectivity index (χ2v) is 7.51. The van der Waals surface area contributed by atoms with Gasteiger partial charge in [-0.25, -0.2) is 9.97 Å². The van der Waals surface area contributed by atoms with Crippen LogP contribution in [0.4, 0.5) is 0 Å². The second-order valence-electron chi connectivity index (χ2n) is 4.95. The molecule has 1 heterocycles. The van der Waals surface area contributed by atoms with Crippen LogP contribution in [-0.2, 0) is 13.3 Å². The van der Waals surface area contributed by atoms with Crippen molar-refractivity contribution >= 4 is 25.0 Å². The van der Waals surface area contributed by atoms with Crippen LogP contribution in [0.25, 0.3) is 11.0 Å². The van der Waals surface area contributed by atoms with Gasteiger partial charge in [-0.2, -0.15) is 0 Å². The molecular weight excluding hydrogens is 296 g/mol. The molecule has 0 aliphatic carbocycles. The van der Waals surface area contributed by atoms with Crippen molar-refractivity contribution < 1.29 is 13.3 Å². The maximum absolute atomic E-state index is 5.95. The van der Waals surface area contributed by atoms with Crippen LogP contribution >= 0.6 is 0 Å². The molecule has 0 fully saturated rings. The third-order valence-corrected chi connectivity index (χ3v) is 6.46. The van der Waals surface area contributed by atoms with E-state index in [1.165, 1.54) is 0 Å². The van der Waals surface area contributed by atoms with Crippen LogP contribution in [0.1, 0.15) is 32.2 Å². The van der Waals surface area contributed by atoms with Gasteiger partial charge < -0.3 is 13.3 Å². The Morgan fingerprint density at radius 1 is 0.818 bits per heavy atom. The first-order chi connectivity index (χ1) is 10.6. The Balaban J connectivity index is 2.55. The smallest absolute Gasteiger partial charge is 0.370 e. The van der Waals surface area contributed by atoms with Gasteiger partial charge in [-0.05, 0) is 46.8 Å². The molecule has 0 N–H and O–H groups in total. The van der Waals surface area contributed by atoms with E-state index in [0.717, 1.165) is 27.6 Å². The summed E-state index contributed by atoms with van der Waals surface area (Å²) in [4.78, 5) is 9.19. The molecule has 22 heavy (non-hydrogen) atoms. The third-order valence-electron chi connectivity index (χ3n) is 3.43. The van der Waals surface area contributed by atoms with Gasteiger partial charge >= 0.3 is 8.80 Å². The van der Waals surface area contributed by atoms with Crippen molar-refractivity contribution in [3.63, 3.8) is 0 Å². The molecule has 1 aromatic carbocycles. The molecule has 0 atom stereocenters. The van der Waals surface area contributed by atoms with Crippen LogP contribution in [0.5, 0.6) is 0 Å². The van der Waals surface area contributed by atoms with Crippen molar-refractivity contribution in [2.75, 3.05) is 19.8 Å². The van der Waals surface area contributed by atoms with Crippen LogP contribution in [0.3, 0.4) is 0 Å². The fourth-order valence-electron chi connectivity index (χ4n) is 2.37. The Labute approximate surface area is 133 Å². The van der Waals surface area contributed by atoms with Gasteiger partial charge in [0.25, 0.3) is 0 Å². The molecule has 0 aliphatic heterocycles. The zero-order valence-corrected chi connectivity index (χ0v) is 15.0. The summed E-state index contributed by atoms with van der Waals surface area (Å²) in [7, 11) is -2.89. The van der Waals surface area contributed by atoms with Crippen molar-refractivity contribution in [2.24, 2.45) is 0 Å². The fourth-order valence-corrected chi connectivity index (χ4v) is 4.86. The molecule has 120 valence electrons. The largest absolute Gasteiger partial charge is 0.537 e. The molecule has 5 nitrogen and oxygen atoms in total. The highest BCUT2D eigenvalue weighted by Crippen LogP contribution is 2.16. The fraction of sp³-hybridized carbons (Fsp3) is 0.500. The molecule has 0 spiro atoms. The lowest BCUT2D eigenvalue weighted by molar-refractivity contribution is 0.0859. The Morgan fingerprint density at radius 3 is 1.82 bits per heavy atom. The van der Waals surface area contributed by atoms with E-state index in [-0.39, 0.29) is 0 Å². The summed E-state index contributed by atoms with van der Waals surface area (Å²) in [5.74, 6) is 0. The maximum atomic E-state index is 5.95. The Bertz CT molecular complexity index is 632. The summed E-state index contributed by atoms with van der Waals surface area (Å²) in [6.45, 7) is 11.4. The highest BCUT2D eigenvalue weighted by molar-refractivity contribution is 6.75. The van der Waals surface area contributed by atoms with Gasteiger partial charge in [0.1, 0.15) is 0 Å². The number of hydrogen-bond acceptors (Lipinski definition) is 5. The quantitative estimate of drug-likeness (QED) is 0.734. The van der Waals surface area contributed by atoms with E-state index in [0.29, 0.717) is 19.8 Å². The highest BCUT2D eigenvalue weighted by Gasteiger charge is 2.43. The van der Waals surface area contributed by atoms with E-state index in [9.17, 15) is 0 Å². The van der Waals surface area contributed by atoms with E-state index in [2.05, 4.69) is 9.97 Å². The SMILES string of the molecule is CCO[Si](OCC)(OCC)c1ccc2nc(C)c(C)nc2c1. The molecule has 0 saturated carbocycles. The Morgan fingerprint density at radius 2 is 1.32 bits per heavy atom. The van der Waals surface area contributed by atoms with E-state index < -0.39 is 8.80 Å². The monoisotopic (exact) mass is 320 g/mol. The first-order valence-electron chi connectivity index (χ1n) is 7.73. The topological polar surface area (TPSA) is 53.5 Å². The van der Waals surface area contributed by atoms with Gasteiger partial charge in [0, 0.05) is 25.0 Å². The molecule has 6 heteroatoms. The number of benzene rings is 1. The predicted octanol–water partition coefficient (Wildman–Crippen LogP) is 2.50. The first kappa shape index (κ1) is 17.0. The van der Waals surface area contributed by atoms with Gasteiger partial charge in [-0.3, -0.25) is 0 Å². The minimum atomic E-state index is -2.89. The Kier molecular flexibility index (Phi) is 5.63. The number of aryl methyl sites for hydroxylation is 2. The van der Waals surface area contributed by atoms with Crippen LogP contribution < -0.4 is 5.19 Å². The van der Waals surface area contributed by atoms with E-state index in [1.54, 1.807) is 0 Å². The minimum absolute atomic E-state index is 0.545. The average molecular weight is 320 g/mol. The maximum Gasteiger partial charge on any atom is 0.537 e. The van der Waals surface area contributed by atoms with Gasteiger partial charge in [0.15, 0.2) is 0 Å². The molecule has 1 aromatic heterocycles. The average Bonchev–Trinajstić information content (AvgIpc) is 2.48. The van der Waals surface area contributed by atoms with Gasteiger partial charge in [-0.1, -0.05) is 6.07 Å². The van der Waals surface area contributed by atoms with Crippen molar-refractivity contribution in [1.29, 1.82) is 0 Å². The lowest BCUT2D eigenvalue weighted by Crippen LogP contribution is -2.56. The highest BCUT2D eigenvalue weighted by atomic mass is 28.4. The zero-order chi connectivity index (χ0) is 16.2. The molecular formula is C16H24N2O3Si. The van der Waals surface area contributed by atoms with Gasteiger partial charge in [0.2, 0.25) is 0 Å². The number of rotatable bonds is 7. The molecule has 0 radical (unpaired) electrons. The molecule has 2 rings (SSSR count). The second kappa shape index (κ2) is 7.28. The van der Waals surface area contributed by atoms with Crippen molar-refractivity contribution in [1.82, 2.24) is 9.97 Å². The first-order valence-corrected chi connectivity index (χ1v) is 9.46. The standard InChI is InChI=1S/C16H24N2O3Si/c1-6-19-22(20-7-2,21-8-3)14-9-10-15-16(11-14)18-13(5)12(4)17-15/h9-11H,6-8H2,1-5H3. The molecule has 0 amide bonds. The number of nitrogens with zero attached hydrogens (tertiary/aromatic N) is 2. The van der Waals surface area contributed by atoms with Crippen LogP contribution in [0, 0.1) is 13.8 Å². The number of fused-ring (bicyclic) bond motifs is 1. The summed E-state index contributed by atoms with van der Waals surface area (Å²) < 4.78 is 17.8. The van der Waals surface area contributed by atoms with Crippen LogP contribution in [0.15, 0.2) is 18.2 Å².